The smallest absolute Gasteiger partial charge is 0.254 e. The van der Waals surface area contributed by atoms with Gasteiger partial charge in [0.1, 0.15) is 33.7 Å². The number of rotatable bonds is 16. The number of aliphatic hydroxyl groups excluding tert-OH is 1. The standard InChI is InChI=1S/C50H60N12O5S3/c1-29(2)41(47(65)62-27-34(63)22-37(62)46(64)54-25-32-11-13-33(14-12-32)43-31(4)55-28-68-43)38-23-40(58-67-38)66-21-7-6-18-60-19-9-20-61(30(3)26-60)49-53-17-15-36(56-49)45-57-48(70-59-45)50(5)16-8-10-39-42(50)35(24-51)44(52)69-39/h11-15,17,23,28-30,34,37,41,63H,6-10,16,18-22,25-27,52H2,1-5H3,(H,54,64)/t30-,34+,37-,41?,50-/m0/s1. The predicted octanol–water partition coefficient (Wildman–Crippen LogP) is 7.35. The highest BCUT2D eigenvalue weighted by Crippen LogP contribution is 2.49. The number of nitrogens with zero attached hydrogens (tertiary/aromatic N) is 10. The molecule has 2 fully saturated rings. The Labute approximate surface area is 420 Å². The van der Waals surface area contributed by atoms with E-state index in [1.807, 2.05) is 56.6 Å². The van der Waals surface area contributed by atoms with E-state index in [2.05, 4.69) is 45.2 Å². The van der Waals surface area contributed by atoms with E-state index >= 15 is 0 Å². The number of amides is 2. The molecule has 20 heteroatoms. The van der Waals surface area contributed by atoms with Crippen molar-refractivity contribution in [2.24, 2.45) is 5.92 Å². The second-order valence-corrected chi connectivity index (χ2v) is 22.0. The Morgan fingerprint density at radius 1 is 1.11 bits per heavy atom. The van der Waals surface area contributed by atoms with Crippen molar-refractivity contribution in [1.29, 1.82) is 5.26 Å². The molecule has 6 aromatic rings. The number of nitrogens with one attached hydrogen (secondary N) is 1. The maximum absolute atomic E-state index is 14.2. The fourth-order valence-electron chi connectivity index (χ4n) is 10.2. The molecule has 3 aliphatic rings. The molecule has 0 radical (unpaired) electrons. The van der Waals surface area contributed by atoms with Crippen LogP contribution < -0.4 is 20.7 Å². The van der Waals surface area contributed by atoms with Crippen molar-refractivity contribution < 1.29 is 24.0 Å². The van der Waals surface area contributed by atoms with Gasteiger partial charge in [0.15, 0.2) is 11.6 Å². The molecule has 0 spiro atoms. The molecule has 5 aromatic heterocycles. The van der Waals surface area contributed by atoms with Crippen LogP contribution in [0.25, 0.3) is 22.0 Å². The van der Waals surface area contributed by atoms with Crippen LogP contribution in [0.15, 0.2) is 52.6 Å². The Kier molecular flexibility index (Phi) is 14.9. The minimum absolute atomic E-state index is 0.0574. The number of hydrogen-bond acceptors (Lipinski definition) is 18. The van der Waals surface area contributed by atoms with Gasteiger partial charge in [-0.05, 0) is 118 Å². The van der Waals surface area contributed by atoms with Gasteiger partial charge in [-0.2, -0.15) is 9.64 Å². The van der Waals surface area contributed by atoms with Crippen LogP contribution in [0.3, 0.4) is 0 Å². The van der Waals surface area contributed by atoms with Gasteiger partial charge >= 0.3 is 0 Å². The van der Waals surface area contributed by atoms with Gasteiger partial charge in [-0.3, -0.25) is 9.59 Å². The third kappa shape index (κ3) is 10.3. The second kappa shape index (κ2) is 21.2. The number of thiazole rings is 1. The van der Waals surface area contributed by atoms with Crippen LogP contribution in [0.5, 0.6) is 5.88 Å². The van der Waals surface area contributed by atoms with Gasteiger partial charge in [-0.1, -0.05) is 38.1 Å². The molecule has 1 aliphatic carbocycles. The number of unbranched alkanes of at least 4 members (excludes halogenated alkanes) is 1. The van der Waals surface area contributed by atoms with Crippen molar-refractivity contribution in [3.05, 3.63) is 86.1 Å². The molecule has 2 saturated heterocycles. The van der Waals surface area contributed by atoms with Crippen molar-refractivity contribution in [1.82, 2.24) is 44.6 Å². The van der Waals surface area contributed by atoms with E-state index < -0.39 is 23.5 Å². The summed E-state index contributed by atoms with van der Waals surface area (Å²) < 4.78 is 16.5. The average Bonchev–Trinajstić information content (AvgIpc) is 4.21. The number of nitriles is 1. The third-order valence-corrected chi connectivity index (χ3v) is 16.9. The minimum Gasteiger partial charge on any atom is -0.476 e. The molecule has 0 saturated carbocycles. The van der Waals surface area contributed by atoms with Gasteiger partial charge in [0.25, 0.3) is 5.88 Å². The van der Waals surface area contributed by atoms with E-state index in [1.165, 1.54) is 32.6 Å². The highest BCUT2D eigenvalue weighted by Gasteiger charge is 2.44. The first kappa shape index (κ1) is 49.1. The Bertz CT molecular complexity index is 2840. The third-order valence-electron chi connectivity index (χ3n) is 13.9. The number of likely N-dealkylation sites (tertiary alicyclic amines) is 1. The molecule has 9 rings (SSSR count). The van der Waals surface area contributed by atoms with Crippen molar-refractivity contribution in [3.63, 3.8) is 0 Å². The fraction of sp³-hybridized carbons (Fsp3) is 0.500. The number of fused-ring (bicyclic) bond motifs is 1. The number of carbonyl (C=O) groups excluding carboxylic acids is 2. The molecule has 2 amide bonds. The van der Waals surface area contributed by atoms with Gasteiger partial charge < -0.3 is 40.1 Å². The number of β-amino-alcohol motifs (C(OH)–C–C–N with tert-alkyl or cyclic N) is 1. The lowest BCUT2D eigenvalue weighted by Gasteiger charge is -2.32. The van der Waals surface area contributed by atoms with Crippen molar-refractivity contribution in [2.45, 2.75) is 116 Å². The number of thiophene rings is 1. The molecule has 1 unspecified atom stereocenters. The number of aromatic nitrogens is 6. The number of nitrogens with two attached hydrogens (primary N) is 1. The van der Waals surface area contributed by atoms with Crippen LogP contribution in [0, 0.1) is 24.2 Å². The molecule has 4 N–H and O–H groups in total. The first-order chi connectivity index (χ1) is 33.8. The van der Waals surface area contributed by atoms with Crippen LogP contribution in [-0.4, -0.2) is 114 Å². The highest BCUT2D eigenvalue weighted by atomic mass is 32.1. The number of nitrogen functional groups attached to an aromatic ring is 1. The molecular formula is C50H60N12O5S3. The molecule has 7 heterocycles. The Morgan fingerprint density at radius 2 is 1.94 bits per heavy atom. The number of aliphatic hydroxyl groups is 1. The number of anilines is 2. The molecule has 1 aromatic carbocycles. The summed E-state index contributed by atoms with van der Waals surface area (Å²) in [5.41, 5.74) is 12.9. The maximum atomic E-state index is 14.2. The first-order valence-electron chi connectivity index (χ1n) is 24.1. The molecular weight excluding hydrogens is 945 g/mol. The largest absolute Gasteiger partial charge is 0.476 e. The van der Waals surface area contributed by atoms with Crippen LogP contribution in [0.2, 0.25) is 0 Å². The summed E-state index contributed by atoms with van der Waals surface area (Å²) in [7, 11) is 0. The maximum Gasteiger partial charge on any atom is 0.254 e. The lowest BCUT2D eigenvalue weighted by molar-refractivity contribution is -0.141. The molecule has 368 valence electrons. The van der Waals surface area contributed by atoms with Crippen LogP contribution in [-0.2, 0) is 28.0 Å². The van der Waals surface area contributed by atoms with Crippen LogP contribution in [0.4, 0.5) is 10.9 Å². The second-order valence-electron chi connectivity index (χ2n) is 19.2. The van der Waals surface area contributed by atoms with E-state index in [0.717, 1.165) is 97.0 Å². The lowest BCUT2D eigenvalue weighted by Crippen LogP contribution is -2.48. The molecule has 2 aliphatic heterocycles. The number of hydrogen-bond donors (Lipinski definition) is 3. The highest BCUT2D eigenvalue weighted by molar-refractivity contribution is 7.16. The molecule has 17 nitrogen and oxygen atoms in total. The quantitative estimate of drug-likeness (QED) is 0.0806. The van der Waals surface area contributed by atoms with Crippen LogP contribution in [0.1, 0.15) is 110 Å². The van der Waals surface area contributed by atoms with E-state index in [1.54, 1.807) is 23.6 Å². The average molecular weight is 1010 g/mol. The van der Waals surface area contributed by atoms with Crippen molar-refractivity contribution >= 4 is 57.0 Å². The zero-order valence-electron chi connectivity index (χ0n) is 40.3. The number of carbonyl (C=O) groups is 2. The molecule has 70 heavy (non-hydrogen) atoms. The van der Waals surface area contributed by atoms with Crippen LogP contribution >= 0.6 is 34.2 Å². The summed E-state index contributed by atoms with van der Waals surface area (Å²) in [6, 6.07) is 13.2. The summed E-state index contributed by atoms with van der Waals surface area (Å²) in [5.74, 6) is 0.407. The summed E-state index contributed by atoms with van der Waals surface area (Å²) >= 11 is 4.48. The predicted molar refractivity (Wildman–Crippen MR) is 271 cm³/mol. The van der Waals surface area contributed by atoms with Gasteiger partial charge in [0.05, 0.1) is 34.4 Å². The first-order valence-corrected chi connectivity index (χ1v) is 26.6. The fourth-order valence-corrected chi connectivity index (χ4v) is 13.0. The zero-order chi connectivity index (χ0) is 49.1. The monoisotopic (exact) mass is 1000 g/mol. The number of benzene rings is 1. The summed E-state index contributed by atoms with van der Waals surface area (Å²) in [5, 5.41) is 29.2. The summed E-state index contributed by atoms with van der Waals surface area (Å²) in [6.07, 6.45) is 6.59. The van der Waals surface area contributed by atoms with Gasteiger partial charge in [0.2, 0.25) is 17.8 Å². The minimum atomic E-state index is -0.818. The molecule has 0 bridgehead atoms. The number of aryl methyl sites for hydroxylation is 2. The Balaban J connectivity index is 0.744. The summed E-state index contributed by atoms with van der Waals surface area (Å²) in [4.78, 5) is 55.2. The van der Waals surface area contributed by atoms with E-state index in [0.29, 0.717) is 52.8 Å². The van der Waals surface area contributed by atoms with Gasteiger partial charge in [-0.25, -0.2) is 19.9 Å². The lowest BCUT2D eigenvalue weighted by atomic mass is 9.73. The Hall–Kier alpha value is -5.85. The number of ether oxygens (including phenoxy) is 1. The van der Waals surface area contributed by atoms with E-state index in [4.69, 9.17) is 34.3 Å². The zero-order valence-corrected chi connectivity index (χ0v) is 42.7. The van der Waals surface area contributed by atoms with Crippen molar-refractivity contribution in [2.75, 3.05) is 50.0 Å². The van der Waals surface area contributed by atoms with Gasteiger partial charge in [0, 0.05) is 61.2 Å². The Morgan fingerprint density at radius 3 is 2.71 bits per heavy atom. The normalized spacial score (nSPS) is 21.1. The van der Waals surface area contributed by atoms with E-state index in [9.17, 15) is 20.0 Å². The molecule has 5 atom stereocenters. The summed E-state index contributed by atoms with van der Waals surface area (Å²) in [6.45, 7) is 14.5. The topological polar surface area (TPSA) is 226 Å². The van der Waals surface area contributed by atoms with Crippen molar-refractivity contribution in [3.8, 4) is 33.9 Å². The van der Waals surface area contributed by atoms with E-state index in [-0.39, 0.29) is 36.7 Å². The SMILES string of the molecule is Cc1ncsc1-c1ccc(CNC(=O)[C@@H]2C[C@@H](O)CN2C(=O)C(c2cc(OCCCCN3CCCN(c4nccc(-c5nsc([C@@]6(C)CCCc7sc(N)c(C#N)c76)n5)n4)[C@@H](C)C3)no2)C(C)C)cc1. The van der Waals surface area contributed by atoms with Gasteiger partial charge in [-0.15, -0.1) is 22.7 Å².